The molecule has 0 spiro atoms. The first-order chi connectivity index (χ1) is 8.33. The van der Waals surface area contributed by atoms with Crippen LogP contribution >= 0.6 is 0 Å². The molecular weight excluding hydrogens is 222 g/mol. The zero-order chi connectivity index (χ0) is 13.3. The van der Waals surface area contributed by atoms with Crippen molar-refractivity contribution < 1.29 is 0 Å². The fourth-order valence-corrected chi connectivity index (χ4v) is 2.58. The van der Waals surface area contributed by atoms with Crippen molar-refractivity contribution in [3.63, 3.8) is 0 Å². The van der Waals surface area contributed by atoms with Crippen molar-refractivity contribution in [2.75, 3.05) is 0 Å². The average molecular weight is 245 g/mol. The first-order valence-corrected chi connectivity index (χ1v) is 6.66. The van der Waals surface area contributed by atoms with E-state index in [4.69, 9.17) is 0 Å². The van der Waals surface area contributed by atoms with Gasteiger partial charge in [0.2, 0.25) is 0 Å². The van der Waals surface area contributed by atoms with Crippen LogP contribution in [0.4, 0.5) is 0 Å². The van der Waals surface area contributed by atoms with E-state index in [-0.39, 0.29) is 0 Å². The van der Waals surface area contributed by atoms with Gasteiger partial charge in [0.15, 0.2) is 5.65 Å². The van der Waals surface area contributed by atoms with Crippen molar-refractivity contribution in [1.29, 1.82) is 0 Å². The lowest BCUT2D eigenvalue weighted by molar-refractivity contribution is 0.304. The smallest absolute Gasteiger partial charge is 0.177 e. The molecular formula is C15H23N3. The molecule has 18 heavy (non-hydrogen) atoms. The topological polar surface area (TPSA) is 41.6 Å². The van der Waals surface area contributed by atoms with Gasteiger partial charge in [0.25, 0.3) is 0 Å². The summed E-state index contributed by atoms with van der Waals surface area (Å²) in [6.07, 6.45) is 2.20. The van der Waals surface area contributed by atoms with Gasteiger partial charge in [-0.3, -0.25) is 0 Å². The second-order valence-corrected chi connectivity index (χ2v) is 6.58. The molecule has 3 heteroatoms. The molecule has 0 saturated carbocycles. The number of hydrogen-bond donors (Lipinski definition) is 1. The van der Waals surface area contributed by atoms with E-state index in [2.05, 4.69) is 48.7 Å². The van der Waals surface area contributed by atoms with Gasteiger partial charge in [0, 0.05) is 12.1 Å². The summed E-state index contributed by atoms with van der Waals surface area (Å²) in [6.45, 7) is 11.1. The second kappa shape index (κ2) is 4.71. The first kappa shape index (κ1) is 13.1. The number of rotatable bonds is 3. The minimum Gasteiger partial charge on any atom is -0.341 e. The Hall–Kier alpha value is -1.38. The highest BCUT2D eigenvalue weighted by atomic mass is 15.0. The number of nitrogens with zero attached hydrogens (tertiary/aromatic N) is 2. The Labute approximate surface area is 109 Å². The maximum Gasteiger partial charge on any atom is 0.177 e. The number of imidazole rings is 1. The standard InChI is InChI=1S/C15H23N3/c1-10(9-15(3,4)5)8-13-17-12-7-6-11(2)16-14(12)18-13/h6-7,10H,8-9H2,1-5H3,(H,16,17,18). The van der Waals surface area contributed by atoms with Crippen molar-refractivity contribution in [3.8, 4) is 0 Å². The number of aromatic amines is 1. The molecule has 2 heterocycles. The average Bonchev–Trinajstić information content (AvgIpc) is 2.55. The summed E-state index contributed by atoms with van der Waals surface area (Å²) in [6, 6.07) is 4.07. The summed E-state index contributed by atoms with van der Waals surface area (Å²) in [4.78, 5) is 12.4. The fraction of sp³-hybridized carbons (Fsp3) is 0.600. The summed E-state index contributed by atoms with van der Waals surface area (Å²) >= 11 is 0. The van der Waals surface area contributed by atoms with E-state index in [9.17, 15) is 0 Å². The number of fused-ring (bicyclic) bond motifs is 1. The predicted molar refractivity (Wildman–Crippen MR) is 75.6 cm³/mol. The predicted octanol–water partition coefficient (Wildman–Crippen LogP) is 3.88. The first-order valence-electron chi connectivity index (χ1n) is 6.66. The van der Waals surface area contributed by atoms with Crippen LogP contribution in [0.15, 0.2) is 12.1 Å². The Morgan fingerprint density at radius 1 is 1.22 bits per heavy atom. The molecule has 0 bridgehead atoms. The van der Waals surface area contributed by atoms with Gasteiger partial charge in [-0.05, 0) is 36.8 Å². The fourth-order valence-electron chi connectivity index (χ4n) is 2.58. The summed E-state index contributed by atoms with van der Waals surface area (Å²) in [7, 11) is 0. The normalized spacial score (nSPS) is 14.1. The van der Waals surface area contributed by atoms with E-state index >= 15 is 0 Å². The van der Waals surface area contributed by atoms with Crippen LogP contribution in [0.5, 0.6) is 0 Å². The third kappa shape index (κ3) is 3.31. The number of aromatic nitrogens is 3. The van der Waals surface area contributed by atoms with Crippen LogP contribution < -0.4 is 0 Å². The molecule has 0 saturated heterocycles. The maximum absolute atomic E-state index is 4.58. The summed E-state index contributed by atoms with van der Waals surface area (Å²) in [5.41, 5.74) is 3.27. The van der Waals surface area contributed by atoms with Crippen LogP contribution in [0.25, 0.3) is 11.2 Å². The van der Waals surface area contributed by atoms with Crippen molar-refractivity contribution in [2.24, 2.45) is 11.3 Å². The lowest BCUT2D eigenvalue weighted by Crippen LogP contribution is -2.13. The van der Waals surface area contributed by atoms with Crippen molar-refractivity contribution in [2.45, 2.75) is 47.5 Å². The van der Waals surface area contributed by atoms with Gasteiger partial charge in [-0.25, -0.2) is 9.97 Å². The maximum atomic E-state index is 4.58. The van der Waals surface area contributed by atoms with Crippen molar-refractivity contribution >= 4 is 11.2 Å². The molecule has 1 unspecified atom stereocenters. The Bertz CT molecular complexity index is 534. The highest BCUT2D eigenvalue weighted by Crippen LogP contribution is 2.26. The number of pyridine rings is 1. The third-order valence-electron chi connectivity index (χ3n) is 3.04. The Morgan fingerprint density at radius 2 is 1.94 bits per heavy atom. The quantitative estimate of drug-likeness (QED) is 0.891. The number of aryl methyl sites for hydroxylation is 1. The Morgan fingerprint density at radius 3 is 2.61 bits per heavy atom. The number of nitrogens with one attached hydrogen (secondary N) is 1. The summed E-state index contributed by atoms with van der Waals surface area (Å²) < 4.78 is 0. The largest absolute Gasteiger partial charge is 0.341 e. The number of H-pyrrole nitrogens is 1. The molecule has 3 nitrogen and oxygen atoms in total. The molecule has 0 aliphatic heterocycles. The Kier molecular flexibility index (Phi) is 3.42. The molecule has 2 aromatic rings. The highest BCUT2D eigenvalue weighted by Gasteiger charge is 2.17. The van der Waals surface area contributed by atoms with Crippen LogP contribution in [0.3, 0.4) is 0 Å². The molecule has 1 N–H and O–H groups in total. The van der Waals surface area contributed by atoms with Crippen molar-refractivity contribution in [3.05, 3.63) is 23.7 Å². The monoisotopic (exact) mass is 245 g/mol. The van der Waals surface area contributed by atoms with Crippen LogP contribution in [0.1, 0.15) is 45.6 Å². The van der Waals surface area contributed by atoms with Gasteiger partial charge in [0.05, 0.1) is 5.52 Å². The molecule has 0 amide bonds. The minimum atomic E-state index is 0.375. The van der Waals surface area contributed by atoms with Crippen LogP contribution in [-0.2, 0) is 6.42 Å². The lowest BCUT2D eigenvalue weighted by atomic mass is 9.84. The van der Waals surface area contributed by atoms with Crippen LogP contribution in [0.2, 0.25) is 0 Å². The highest BCUT2D eigenvalue weighted by molar-refractivity contribution is 5.70. The zero-order valence-electron chi connectivity index (χ0n) is 12.0. The van der Waals surface area contributed by atoms with Crippen LogP contribution in [0, 0.1) is 18.3 Å². The Balaban J connectivity index is 2.12. The lowest BCUT2D eigenvalue weighted by Gasteiger charge is -2.22. The van der Waals surface area contributed by atoms with Gasteiger partial charge in [0.1, 0.15) is 5.82 Å². The molecule has 98 valence electrons. The summed E-state index contributed by atoms with van der Waals surface area (Å²) in [5, 5.41) is 0. The molecule has 2 aromatic heterocycles. The van der Waals surface area contributed by atoms with Crippen LogP contribution in [-0.4, -0.2) is 15.0 Å². The van der Waals surface area contributed by atoms with E-state index < -0.39 is 0 Å². The van der Waals surface area contributed by atoms with E-state index in [0.717, 1.165) is 29.1 Å². The zero-order valence-corrected chi connectivity index (χ0v) is 12.0. The molecule has 0 fully saturated rings. The van der Waals surface area contributed by atoms with E-state index in [0.29, 0.717) is 11.3 Å². The van der Waals surface area contributed by atoms with Gasteiger partial charge in [-0.1, -0.05) is 27.7 Å². The molecule has 0 aliphatic carbocycles. The molecule has 1 atom stereocenters. The number of hydrogen-bond acceptors (Lipinski definition) is 2. The molecule has 2 rings (SSSR count). The van der Waals surface area contributed by atoms with Crippen molar-refractivity contribution in [1.82, 2.24) is 15.0 Å². The summed E-state index contributed by atoms with van der Waals surface area (Å²) in [5.74, 6) is 1.69. The molecule has 0 aromatic carbocycles. The van der Waals surface area contributed by atoms with Gasteiger partial charge in [-0.2, -0.15) is 0 Å². The second-order valence-electron chi connectivity index (χ2n) is 6.58. The minimum absolute atomic E-state index is 0.375. The molecule has 0 aliphatic rings. The van der Waals surface area contributed by atoms with E-state index in [1.54, 1.807) is 0 Å². The van der Waals surface area contributed by atoms with Gasteiger partial charge >= 0.3 is 0 Å². The van der Waals surface area contributed by atoms with E-state index in [1.165, 1.54) is 6.42 Å². The SMILES string of the molecule is Cc1ccc2[nH]c(CC(C)CC(C)(C)C)nc2n1. The van der Waals surface area contributed by atoms with Gasteiger partial charge in [-0.15, -0.1) is 0 Å². The molecule has 0 radical (unpaired) electrons. The van der Waals surface area contributed by atoms with E-state index in [1.807, 2.05) is 13.0 Å². The third-order valence-corrected chi connectivity index (χ3v) is 3.04. The van der Waals surface area contributed by atoms with Gasteiger partial charge < -0.3 is 4.98 Å².